The van der Waals surface area contributed by atoms with Gasteiger partial charge in [-0.3, -0.25) is 0 Å². The molecule has 1 N–H and O–H groups in total. The molecule has 1 aromatic carbocycles. The van der Waals surface area contributed by atoms with Gasteiger partial charge >= 0.3 is 6.09 Å². The average molecular weight is 356 g/mol. The number of benzene rings is 1. The minimum atomic E-state index is -0.250. The van der Waals surface area contributed by atoms with Gasteiger partial charge in [-0.15, -0.1) is 0 Å². The molecule has 1 saturated carbocycles. The third-order valence-electron chi connectivity index (χ3n) is 5.80. The predicted octanol–water partition coefficient (Wildman–Crippen LogP) is 2.83. The number of ether oxygens (including phenoxy) is 2. The van der Waals surface area contributed by atoms with Gasteiger partial charge in [-0.2, -0.15) is 0 Å². The number of morpholine rings is 1. The van der Waals surface area contributed by atoms with Gasteiger partial charge in [0, 0.05) is 13.1 Å². The second-order valence-electron chi connectivity index (χ2n) is 7.68. The molecule has 26 heavy (non-hydrogen) atoms. The van der Waals surface area contributed by atoms with E-state index < -0.39 is 0 Å². The summed E-state index contributed by atoms with van der Waals surface area (Å²) in [5, 5.41) is 3.56. The Hall–Kier alpha value is -1.85. The lowest BCUT2D eigenvalue weighted by Crippen LogP contribution is -2.49. The topological polar surface area (TPSA) is 50.8 Å². The quantitative estimate of drug-likeness (QED) is 0.797. The molecule has 0 aromatic heterocycles. The molecular weight excluding hydrogens is 328 g/mol. The Labute approximate surface area is 155 Å². The van der Waals surface area contributed by atoms with Gasteiger partial charge in [0.25, 0.3) is 0 Å². The van der Waals surface area contributed by atoms with Crippen LogP contribution in [0.15, 0.2) is 42.5 Å². The molecule has 140 valence electrons. The molecule has 2 aliphatic carbocycles. The molecule has 0 radical (unpaired) electrons. The standard InChI is InChI=1S/C21H28N2O3/c24-21(26-15-16-4-2-1-3-5-16)23-8-9-25-20(14-23)13-22-12-19-11-17-6-7-18(19)10-17/h1-7,17-20,22H,8-15H2. The molecule has 4 unspecified atom stereocenters. The summed E-state index contributed by atoms with van der Waals surface area (Å²) in [6.45, 7) is 3.92. The Morgan fingerprint density at radius 2 is 2.08 bits per heavy atom. The van der Waals surface area contributed by atoms with Crippen molar-refractivity contribution in [2.24, 2.45) is 17.8 Å². The Morgan fingerprint density at radius 1 is 1.19 bits per heavy atom. The summed E-state index contributed by atoms with van der Waals surface area (Å²) in [5.74, 6) is 2.34. The Morgan fingerprint density at radius 3 is 2.85 bits per heavy atom. The maximum absolute atomic E-state index is 12.3. The first-order chi connectivity index (χ1) is 12.8. The van der Waals surface area contributed by atoms with Crippen molar-refractivity contribution in [3.05, 3.63) is 48.0 Å². The minimum absolute atomic E-state index is 0.0437. The number of carbonyl (C=O) groups is 1. The predicted molar refractivity (Wildman–Crippen MR) is 99.7 cm³/mol. The Bertz CT molecular complexity index is 633. The first-order valence-electron chi connectivity index (χ1n) is 9.74. The number of allylic oxidation sites excluding steroid dienone is 2. The second-order valence-corrected chi connectivity index (χ2v) is 7.68. The van der Waals surface area contributed by atoms with Crippen molar-refractivity contribution >= 4 is 6.09 Å². The molecule has 4 rings (SSSR count). The summed E-state index contributed by atoms with van der Waals surface area (Å²) in [4.78, 5) is 14.1. The zero-order valence-corrected chi connectivity index (χ0v) is 15.2. The summed E-state index contributed by atoms with van der Waals surface area (Å²) in [7, 11) is 0. The largest absolute Gasteiger partial charge is 0.445 e. The molecule has 0 spiro atoms. The molecule has 1 aromatic rings. The third-order valence-corrected chi connectivity index (χ3v) is 5.80. The lowest BCUT2D eigenvalue weighted by atomic mass is 9.93. The minimum Gasteiger partial charge on any atom is -0.445 e. The lowest BCUT2D eigenvalue weighted by molar-refractivity contribution is -0.0273. The lowest BCUT2D eigenvalue weighted by Gasteiger charge is -2.32. The van der Waals surface area contributed by atoms with Crippen LogP contribution in [0.2, 0.25) is 0 Å². The highest BCUT2D eigenvalue weighted by molar-refractivity contribution is 5.67. The van der Waals surface area contributed by atoms with Crippen LogP contribution in [0.1, 0.15) is 18.4 Å². The number of nitrogens with zero attached hydrogens (tertiary/aromatic N) is 1. The van der Waals surface area contributed by atoms with Crippen molar-refractivity contribution in [1.82, 2.24) is 10.2 Å². The monoisotopic (exact) mass is 356 g/mol. The van der Waals surface area contributed by atoms with Gasteiger partial charge in [0.05, 0.1) is 19.3 Å². The molecular formula is C21H28N2O3. The van der Waals surface area contributed by atoms with E-state index in [0.29, 0.717) is 26.3 Å². The maximum Gasteiger partial charge on any atom is 0.410 e. The fraction of sp³-hybridized carbons (Fsp3) is 0.571. The van der Waals surface area contributed by atoms with E-state index in [2.05, 4.69) is 17.5 Å². The molecule has 4 atom stereocenters. The van der Waals surface area contributed by atoms with E-state index >= 15 is 0 Å². The normalized spacial score (nSPS) is 29.9. The Kier molecular flexibility index (Phi) is 5.56. The fourth-order valence-electron chi connectivity index (χ4n) is 4.38. The first kappa shape index (κ1) is 17.6. The van der Waals surface area contributed by atoms with Crippen molar-refractivity contribution in [2.75, 3.05) is 32.8 Å². The van der Waals surface area contributed by atoms with E-state index in [1.54, 1.807) is 4.90 Å². The summed E-state index contributed by atoms with van der Waals surface area (Å²) < 4.78 is 11.3. The van der Waals surface area contributed by atoms with Crippen molar-refractivity contribution in [3.63, 3.8) is 0 Å². The van der Waals surface area contributed by atoms with Crippen LogP contribution in [-0.2, 0) is 16.1 Å². The molecule has 3 aliphatic rings. The second kappa shape index (κ2) is 8.23. The van der Waals surface area contributed by atoms with E-state index in [9.17, 15) is 4.79 Å². The first-order valence-corrected chi connectivity index (χ1v) is 9.74. The van der Waals surface area contributed by atoms with Gasteiger partial charge in [-0.05, 0) is 42.7 Å². The molecule has 5 nitrogen and oxygen atoms in total. The van der Waals surface area contributed by atoms with Gasteiger partial charge in [0.1, 0.15) is 6.61 Å². The molecule has 5 heteroatoms. The summed E-state index contributed by atoms with van der Waals surface area (Å²) in [6.07, 6.45) is 7.22. The van der Waals surface area contributed by atoms with E-state index in [1.807, 2.05) is 30.3 Å². The smallest absolute Gasteiger partial charge is 0.410 e. The van der Waals surface area contributed by atoms with Crippen LogP contribution in [0.3, 0.4) is 0 Å². The van der Waals surface area contributed by atoms with E-state index in [-0.39, 0.29) is 12.2 Å². The van der Waals surface area contributed by atoms with Crippen LogP contribution in [-0.4, -0.2) is 49.9 Å². The summed E-state index contributed by atoms with van der Waals surface area (Å²) in [6, 6.07) is 9.78. The SMILES string of the molecule is O=C(OCc1ccccc1)N1CCOC(CNCC2CC3C=CC2C3)C1. The van der Waals surface area contributed by atoms with Crippen LogP contribution in [0, 0.1) is 17.8 Å². The number of carbonyl (C=O) groups excluding carboxylic acids is 1. The van der Waals surface area contributed by atoms with Crippen molar-refractivity contribution in [3.8, 4) is 0 Å². The number of amides is 1. The van der Waals surface area contributed by atoms with Crippen LogP contribution in [0.5, 0.6) is 0 Å². The summed E-state index contributed by atoms with van der Waals surface area (Å²) >= 11 is 0. The number of hydrogen-bond acceptors (Lipinski definition) is 4. The summed E-state index contributed by atoms with van der Waals surface area (Å²) in [5.41, 5.74) is 1.01. The maximum atomic E-state index is 12.3. The van der Waals surface area contributed by atoms with E-state index in [4.69, 9.17) is 9.47 Å². The van der Waals surface area contributed by atoms with Crippen LogP contribution >= 0.6 is 0 Å². The van der Waals surface area contributed by atoms with Crippen LogP contribution in [0.25, 0.3) is 0 Å². The van der Waals surface area contributed by atoms with E-state index in [1.165, 1.54) is 12.8 Å². The van der Waals surface area contributed by atoms with Crippen molar-refractivity contribution in [2.45, 2.75) is 25.6 Å². The van der Waals surface area contributed by atoms with Gasteiger partial charge in [-0.25, -0.2) is 4.79 Å². The molecule has 1 saturated heterocycles. The molecule has 2 fully saturated rings. The zero-order chi connectivity index (χ0) is 17.8. The zero-order valence-electron chi connectivity index (χ0n) is 15.2. The number of hydrogen-bond donors (Lipinski definition) is 1. The highest BCUT2D eigenvalue weighted by Gasteiger charge is 2.35. The highest BCUT2D eigenvalue weighted by Crippen LogP contribution is 2.42. The number of nitrogens with one attached hydrogen (secondary N) is 1. The highest BCUT2D eigenvalue weighted by atomic mass is 16.6. The molecule has 1 heterocycles. The number of fused-ring (bicyclic) bond motifs is 2. The molecule has 1 amide bonds. The van der Waals surface area contributed by atoms with Crippen molar-refractivity contribution in [1.29, 1.82) is 0 Å². The molecule has 1 aliphatic heterocycles. The average Bonchev–Trinajstić information content (AvgIpc) is 3.30. The van der Waals surface area contributed by atoms with Gasteiger partial charge in [-0.1, -0.05) is 42.5 Å². The van der Waals surface area contributed by atoms with Crippen molar-refractivity contribution < 1.29 is 14.3 Å². The molecule has 2 bridgehead atoms. The van der Waals surface area contributed by atoms with Crippen LogP contribution < -0.4 is 5.32 Å². The Balaban J connectivity index is 1.17. The van der Waals surface area contributed by atoms with E-state index in [0.717, 1.165) is 36.4 Å². The van der Waals surface area contributed by atoms with Crippen LogP contribution in [0.4, 0.5) is 4.79 Å². The van der Waals surface area contributed by atoms with Gasteiger partial charge in [0.2, 0.25) is 0 Å². The fourth-order valence-corrected chi connectivity index (χ4v) is 4.38. The van der Waals surface area contributed by atoms with Gasteiger partial charge in [0.15, 0.2) is 0 Å². The van der Waals surface area contributed by atoms with Gasteiger partial charge < -0.3 is 19.7 Å². The third kappa shape index (κ3) is 4.27. The number of rotatable bonds is 6.